The monoisotopic (exact) mass is 380 g/mol. The van der Waals surface area contributed by atoms with Crippen molar-refractivity contribution in [1.82, 2.24) is 9.62 Å². The second kappa shape index (κ2) is 7.12. The molecule has 0 saturated heterocycles. The minimum atomic E-state index is -4.64. The van der Waals surface area contributed by atoms with E-state index in [-0.39, 0.29) is 11.6 Å². The molecule has 0 spiro atoms. The Bertz CT molecular complexity index is 773. The summed E-state index contributed by atoms with van der Waals surface area (Å²) in [4.78, 5) is 12.0. The summed E-state index contributed by atoms with van der Waals surface area (Å²) in [5.41, 5.74) is -0.358. The third-order valence-electron chi connectivity index (χ3n) is 3.37. The predicted molar refractivity (Wildman–Crippen MR) is 81.9 cm³/mol. The molecule has 0 radical (unpaired) electrons. The summed E-state index contributed by atoms with van der Waals surface area (Å²) in [5.74, 6) is -2.16. The molecule has 0 bridgehead atoms. The largest absolute Gasteiger partial charge is 0.406 e. The summed E-state index contributed by atoms with van der Waals surface area (Å²) in [6.07, 6.45) is -2.28. The summed E-state index contributed by atoms with van der Waals surface area (Å²) in [7, 11) is -4.19. The van der Waals surface area contributed by atoms with E-state index in [1.807, 2.05) is 0 Å². The van der Waals surface area contributed by atoms with E-state index in [4.69, 9.17) is 0 Å². The van der Waals surface area contributed by atoms with Crippen molar-refractivity contribution in [3.63, 3.8) is 0 Å². The molecule has 0 atom stereocenters. The van der Waals surface area contributed by atoms with Crippen LogP contribution in [0.2, 0.25) is 0 Å². The minimum Gasteiger partial charge on any atom is -0.326 e. The number of amides is 1. The van der Waals surface area contributed by atoms with Gasteiger partial charge in [-0.05, 0) is 31.0 Å². The highest BCUT2D eigenvalue weighted by Gasteiger charge is 2.34. The summed E-state index contributed by atoms with van der Waals surface area (Å²) < 4.78 is 78.2. The highest BCUT2D eigenvalue weighted by molar-refractivity contribution is 7.89. The Morgan fingerprint density at radius 3 is 2.52 bits per heavy atom. The summed E-state index contributed by atoms with van der Waals surface area (Å²) in [6, 6.07) is 2.15. The second-order valence-electron chi connectivity index (χ2n) is 5.63. The van der Waals surface area contributed by atoms with Crippen molar-refractivity contribution < 1.29 is 30.8 Å². The number of halogens is 4. The number of hydrogen-bond donors (Lipinski definition) is 1. The van der Waals surface area contributed by atoms with Crippen molar-refractivity contribution in [2.75, 3.05) is 13.1 Å². The van der Waals surface area contributed by atoms with Crippen LogP contribution in [0.5, 0.6) is 0 Å². The summed E-state index contributed by atoms with van der Waals surface area (Å²) in [6.45, 7) is 1.37. The topological polar surface area (TPSA) is 66.5 Å². The molecule has 2 rings (SSSR count). The fourth-order valence-electron chi connectivity index (χ4n) is 2.10. The first-order chi connectivity index (χ1) is 11.5. The highest BCUT2D eigenvalue weighted by atomic mass is 32.2. The lowest BCUT2D eigenvalue weighted by Gasteiger charge is -2.22. The van der Waals surface area contributed by atoms with Crippen LogP contribution in [-0.4, -0.2) is 44.5 Å². The van der Waals surface area contributed by atoms with Gasteiger partial charge >= 0.3 is 6.18 Å². The van der Waals surface area contributed by atoms with E-state index in [1.165, 1.54) is 0 Å². The maximum atomic E-state index is 13.9. The Morgan fingerprint density at radius 1 is 1.36 bits per heavy atom. The Morgan fingerprint density at radius 2 is 2.00 bits per heavy atom. The average molecular weight is 380 g/mol. The smallest absolute Gasteiger partial charge is 0.326 e. The van der Waals surface area contributed by atoms with Gasteiger partial charge in [0.05, 0.1) is 0 Å². The maximum Gasteiger partial charge on any atom is 0.406 e. The number of alkyl halides is 3. The first-order valence-corrected chi connectivity index (χ1v) is 8.80. The second-order valence-corrected chi connectivity index (χ2v) is 7.31. The van der Waals surface area contributed by atoms with Gasteiger partial charge in [0.2, 0.25) is 10.0 Å². The molecule has 5 nitrogen and oxygen atoms in total. The Hall–Kier alpha value is -1.94. The zero-order valence-corrected chi connectivity index (χ0v) is 13.8. The van der Waals surface area contributed by atoms with Crippen LogP contribution < -0.4 is 4.72 Å². The quantitative estimate of drug-likeness (QED) is 0.584. The van der Waals surface area contributed by atoms with Gasteiger partial charge in [-0.3, -0.25) is 4.79 Å². The zero-order chi connectivity index (χ0) is 18.8. The van der Waals surface area contributed by atoms with Crippen molar-refractivity contribution in [2.24, 2.45) is 0 Å². The molecular weight excluding hydrogens is 364 g/mol. The first kappa shape index (κ1) is 19.4. The Balaban J connectivity index is 2.33. The normalized spacial score (nSPS) is 15.0. The van der Waals surface area contributed by atoms with Crippen LogP contribution in [0.4, 0.5) is 17.6 Å². The minimum absolute atomic E-state index is 0.286. The lowest BCUT2D eigenvalue weighted by molar-refractivity contribution is -0.139. The molecule has 1 amide bonds. The number of hydrogen-bond acceptors (Lipinski definition) is 3. The Kier molecular flexibility index (Phi) is 5.52. The molecule has 1 aromatic carbocycles. The lowest BCUT2D eigenvalue weighted by atomic mass is 10.2. The lowest BCUT2D eigenvalue weighted by Crippen LogP contribution is -2.39. The van der Waals surface area contributed by atoms with E-state index >= 15 is 0 Å². The molecule has 138 valence electrons. The number of carbonyl (C=O) groups excluding carboxylic acids is 1. The van der Waals surface area contributed by atoms with Crippen LogP contribution in [0, 0.1) is 5.82 Å². The molecule has 0 heterocycles. The van der Waals surface area contributed by atoms with E-state index in [2.05, 4.69) is 11.3 Å². The van der Waals surface area contributed by atoms with Crippen LogP contribution in [0.1, 0.15) is 23.2 Å². The molecule has 0 aromatic heterocycles. The number of nitrogens with zero attached hydrogens (tertiary/aromatic N) is 1. The standard InChI is InChI=1S/C15H16F4N2O3S/c1-2-7-21(9-15(17,18)19)14(22)10-3-6-12(16)13(8-10)25(23,24)20-11-4-5-11/h2-3,6,8,11,20H,1,4-5,7,9H2. The SMILES string of the molecule is C=CCN(CC(F)(F)F)C(=O)c1ccc(F)c(S(=O)(=O)NC2CC2)c1. The molecule has 25 heavy (non-hydrogen) atoms. The Labute approximate surface area is 142 Å². The molecule has 1 fully saturated rings. The average Bonchev–Trinajstić information content (AvgIpc) is 3.28. The van der Waals surface area contributed by atoms with Gasteiger partial charge in [0.15, 0.2) is 0 Å². The van der Waals surface area contributed by atoms with Crippen LogP contribution in [0.3, 0.4) is 0 Å². The van der Waals surface area contributed by atoms with Gasteiger partial charge in [0.25, 0.3) is 5.91 Å². The summed E-state index contributed by atoms with van der Waals surface area (Å²) in [5, 5.41) is 0. The van der Waals surface area contributed by atoms with Gasteiger partial charge in [0, 0.05) is 18.2 Å². The van der Waals surface area contributed by atoms with Gasteiger partial charge in [-0.25, -0.2) is 17.5 Å². The molecule has 10 heteroatoms. The number of nitrogens with one attached hydrogen (secondary N) is 1. The maximum absolute atomic E-state index is 13.9. The summed E-state index contributed by atoms with van der Waals surface area (Å²) >= 11 is 0. The molecule has 0 unspecified atom stereocenters. The van der Waals surface area contributed by atoms with Crippen molar-refractivity contribution in [3.05, 3.63) is 42.2 Å². The van der Waals surface area contributed by atoms with Crippen molar-refractivity contribution in [1.29, 1.82) is 0 Å². The van der Waals surface area contributed by atoms with Crippen molar-refractivity contribution in [3.8, 4) is 0 Å². The number of rotatable bonds is 7. The van der Waals surface area contributed by atoms with E-state index in [0.717, 1.165) is 24.3 Å². The van der Waals surface area contributed by atoms with E-state index in [0.29, 0.717) is 17.7 Å². The highest BCUT2D eigenvalue weighted by Crippen LogP contribution is 2.25. The fourth-order valence-corrected chi connectivity index (χ4v) is 3.51. The third kappa shape index (κ3) is 5.27. The van der Waals surface area contributed by atoms with Gasteiger partial charge in [-0.15, -0.1) is 6.58 Å². The third-order valence-corrected chi connectivity index (χ3v) is 4.91. The van der Waals surface area contributed by atoms with E-state index < -0.39 is 45.9 Å². The van der Waals surface area contributed by atoms with Crippen LogP contribution in [0.15, 0.2) is 35.7 Å². The predicted octanol–water partition coefficient (Wildman–Crippen LogP) is 2.46. The van der Waals surface area contributed by atoms with Crippen LogP contribution in [0.25, 0.3) is 0 Å². The van der Waals surface area contributed by atoms with E-state index in [1.54, 1.807) is 0 Å². The molecule has 1 aliphatic rings. The zero-order valence-electron chi connectivity index (χ0n) is 13.0. The molecule has 1 N–H and O–H groups in total. The molecule has 1 aromatic rings. The van der Waals surface area contributed by atoms with Gasteiger partial charge in [-0.1, -0.05) is 6.08 Å². The number of sulfonamides is 1. The van der Waals surface area contributed by atoms with Crippen LogP contribution >= 0.6 is 0 Å². The molecule has 1 saturated carbocycles. The van der Waals surface area contributed by atoms with Gasteiger partial charge in [0.1, 0.15) is 17.3 Å². The number of benzene rings is 1. The number of carbonyl (C=O) groups is 1. The van der Waals surface area contributed by atoms with Gasteiger partial charge < -0.3 is 4.90 Å². The fraction of sp³-hybridized carbons (Fsp3) is 0.400. The molecular formula is C15H16F4N2O3S. The van der Waals surface area contributed by atoms with Crippen molar-refractivity contribution in [2.45, 2.75) is 30.0 Å². The van der Waals surface area contributed by atoms with E-state index in [9.17, 15) is 30.8 Å². The van der Waals surface area contributed by atoms with Crippen molar-refractivity contribution >= 4 is 15.9 Å². The molecule has 1 aliphatic carbocycles. The molecule has 0 aliphatic heterocycles. The first-order valence-electron chi connectivity index (χ1n) is 7.32. The van der Waals surface area contributed by atoms with Gasteiger partial charge in [-0.2, -0.15) is 13.2 Å². The van der Waals surface area contributed by atoms with Crippen LogP contribution in [-0.2, 0) is 10.0 Å².